The van der Waals surface area contributed by atoms with Gasteiger partial charge in [0.15, 0.2) is 0 Å². The molecule has 20 heavy (non-hydrogen) atoms. The Labute approximate surface area is 121 Å². The summed E-state index contributed by atoms with van der Waals surface area (Å²) in [6.07, 6.45) is 11.9. The molecule has 1 N–H and O–H groups in total. The molecule has 0 radical (unpaired) electrons. The number of carbonyl (C=O) groups is 2. The van der Waals surface area contributed by atoms with E-state index in [0.29, 0.717) is 25.9 Å². The fourth-order valence-electron chi connectivity index (χ4n) is 2.50. The fourth-order valence-corrected chi connectivity index (χ4v) is 2.50. The SMILES string of the molecule is CCCCCCC/C=C/C(=O)N1CCC(C(=O)O)CC1. The highest BCUT2D eigenvalue weighted by molar-refractivity contribution is 5.87. The molecule has 1 saturated heterocycles. The molecule has 0 spiro atoms. The number of likely N-dealkylation sites (tertiary alicyclic amines) is 1. The van der Waals surface area contributed by atoms with E-state index >= 15 is 0 Å². The second-order valence-electron chi connectivity index (χ2n) is 5.54. The van der Waals surface area contributed by atoms with Crippen molar-refractivity contribution in [3.05, 3.63) is 12.2 Å². The molecule has 0 aliphatic carbocycles. The van der Waals surface area contributed by atoms with Crippen LogP contribution in [0.4, 0.5) is 0 Å². The van der Waals surface area contributed by atoms with Crippen LogP contribution < -0.4 is 0 Å². The summed E-state index contributed by atoms with van der Waals surface area (Å²) >= 11 is 0. The molecular weight excluding hydrogens is 254 g/mol. The van der Waals surface area contributed by atoms with Gasteiger partial charge in [0.1, 0.15) is 0 Å². The summed E-state index contributed by atoms with van der Waals surface area (Å²) in [5.74, 6) is -0.983. The minimum atomic E-state index is -0.736. The van der Waals surface area contributed by atoms with Gasteiger partial charge in [0.2, 0.25) is 5.91 Å². The van der Waals surface area contributed by atoms with Gasteiger partial charge in [-0.15, -0.1) is 0 Å². The third-order valence-electron chi connectivity index (χ3n) is 3.89. The Morgan fingerprint density at radius 1 is 1.15 bits per heavy atom. The number of piperidine rings is 1. The Morgan fingerprint density at radius 3 is 2.40 bits per heavy atom. The molecule has 4 nitrogen and oxygen atoms in total. The van der Waals surface area contributed by atoms with Gasteiger partial charge in [-0.25, -0.2) is 0 Å². The standard InChI is InChI=1S/C16H27NO3/c1-2-3-4-5-6-7-8-9-15(18)17-12-10-14(11-13-17)16(19)20/h8-9,14H,2-7,10-13H2,1H3,(H,19,20)/b9-8+. The summed E-state index contributed by atoms with van der Waals surface area (Å²) in [6, 6.07) is 0. The summed E-state index contributed by atoms with van der Waals surface area (Å²) < 4.78 is 0. The van der Waals surface area contributed by atoms with Crippen LogP contribution in [0.3, 0.4) is 0 Å². The molecule has 0 saturated carbocycles. The first-order chi connectivity index (χ1) is 9.65. The molecule has 1 rings (SSSR count). The van der Waals surface area contributed by atoms with E-state index < -0.39 is 5.97 Å². The molecule has 0 aromatic rings. The van der Waals surface area contributed by atoms with Gasteiger partial charge < -0.3 is 10.0 Å². The van der Waals surface area contributed by atoms with Crippen molar-refractivity contribution in [3.8, 4) is 0 Å². The average molecular weight is 281 g/mol. The van der Waals surface area contributed by atoms with E-state index in [2.05, 4.69) is 6.92 Å². The van der Waals surface area contributed by atoms with E-state index in [1.807, 2.05) is 6.08 Å². The second-order valence-corrected chi connectivity index (χ2v) is 5.54. The zero-order chi connectivity index (χ0) is 14.8. The number of carboxylic acids is 1. The topological polar surface area (TPSA) is 57.6 Å². The summed E-state index contributed by atoms with van der Waals surface area (Å²) in [5.41, 5.74) is 0. The average Bonchev–Trinajstić information content (AvgIpc) is 2.46. The highest BCUT2D eigenvalue weighted by Gasteiger charge is 2.25. The molecule has 114 valence electrons. The van der Waals surface area contributed by atoms with Crippen LogP contribution in [0.5, 0.6) is 0 Å². The number of unbranched alkanes of at least 4 members (excludes halogenated alkanes) is 5. The number of amides is 1. The van der Waals surface area contributed by atoms with Gasteiger partial charge in [-0.1, -0.05) is 38.7 Å². The van der Waals surface area contributed by atoms with Crippen LogP contribution in [0.1, 0.15) is 58.3 Å². The second kappa shape index (κ2) is 9.56. The van der Waals surface area contributed by atoms with Gasteiger partial charge in [-0.2, -0.15) is 0 Å². The van der Waals surface area contributed by atoms with Crippen LogP contribution in [0.25, 0.3) is 0 Å². The fraction of sp³-hybridized carbons (Fsp3) is 0.750. The molecule has 0 atom stereocenters. The van der Waals surface area contributed by atoms with Gasteiger partial charge in [-0.3, -0.25) is 9.59 Å². The number of hydrogen-bond acceptors (Lipinski definition) is 2. The quantitative estimate of drug-likeness (QED) is 0.549. The lowest BCUT2D eigenvalue weighted by molar-refractivity contribution is -0.144. The van der Waals surface area contributed by atoms with Gasteiger partial charge >= 0.3 is 5.97 Å². The van der Waals surface area contributed by atoms with E-state index in [1.54, 1.807) is 11.0 Å². The molecule has 1 heterocycles. The van der Waals surface area contributed by atoms with Crippen LogP contribution in [-0.4, -0.2) is 35.0 Å². The van der Waals surface area contributed by atoms with Gasteiger partial charge in [0.05, 0.1) is 5.92 Å². The van der Waals surface area contributed by atoms with Crippen LogP contribution in [0.15, 0.2) is 12.2 Å². The number of rotatable bonds is 8. The predicted molar refractivity (Wildman–Crippen MR) is 79.5 cm³/mol. The molecular formula is C16H27NO3. The van der Waals surface area contributed by atoms with Crippen molar-refractivity contribution in [2.45, 2.75) is 58.3 Å². The Balaban J connectivity index is 2.15. The number of carboxylic acid groups (broad SMARTS) is 1. The summed E-state index contributed by atoms with van der Waals surface area (Å²) in [4.78, 5) is 24.5. The molecule has 1 amide bonds. The van der Waals surface area contributed by atoms with Crippen molar-refractivity contribution in [2.24, 2.45) is 5.92 Å². The van der Waals surface area contributed by atoms with E-state index in [-0.39, 0.29) is 11.8 Å². The van der Waals surface area contributed by atoms with Crippen molar-refractivity contribution in [1.82, 2.24) is 4.90 Å². The first-order valence-electron chi connectivity index (χ1n) is 7.83. The lowest BCUT2D eigenvalue weighted by Crippen LogP contribution is -2.39. The Kier molecular flexibility index (Phi) is 8.00. The van der Waals surface area contributed by atoms with Crippen molar-refractivity contribution >= 4 is 11.9 Å². The van der Waals surface area contributed by atoms with Crippen molar-refractivity contribution in [3.63, 3.8) is 0 Å². The maximum absolute atomic E-state index is 11.9. The third-order valence-corrected chi connectivity index (χ3v) is 3.89. The van der Waals surface area contributed by atoms with Crippen molar-refractivity contribution in [2.75, 3.05) is 13.1 Å². The number of aliphatic carboxylic acids is 1. The number of nitrogens with zero attached hydrogens (tertiary/aromatic N) is 1. The van der Waals surface area contributed by atoms with Crippen molar-refractivity contribution in [1.29, 1.82) is 0 Å². The molecule has 1 fully saturated rings. The van der Waals surface area contributed by atoms with Crippen molar-refractivity contribution < 1.29 is 14.7 Å². The van der Waals surface area contributed by atoms with Crippen LogP contribution >= 0.6 is 0 Å². The monoisotopic (exact) mass is 281 g/mol. The highest BCUT2D eigenvalue weighted by Crippen LogP contribution is 2.17. The Hall–Kier alpha value is -1.32. The van der Waals surface area contributed by atoms with Gasteiger partial charge in [0.25, 0.3) is 0 Å². The maximum Gasteiger partial charge on any atom is 0.306 e. The van der Waals surface area contributed by atoms with E-state index in [1.165, 1.54) is 25.7 Å². The highest BCUT2D eigenvalue weighted by atomic mass is 16.4. The number of carbonyl (C=O) groups excluding carboxylic acids is 1. The minimum absolute atomic E-state index is 0.0300. The molecule has 0 bridgehead atoms. The number of allylic oxidation sites excluding steroid dienone is 1. The lowest BCUT2D eigenvalue weighted by Gasteiger charge is -2.29. The normalized spacial score (nSPS) is 16.8. The molecule has 0 aromatic heterocycles. The molecule has 4 heteroatoms. The first kappa shape index (κ1) is 16.7. The van der Waals surface area contributed by atoms with E-state index in [0.717, 1.165) is 12.8 Å². The Morgan fingerprint density at radius 2 is 1.80 bits per heavy atom. The smallest absolute Gasteiger partial charge is 0.306 e. The molecule has 1 aliphatic heterocycles. The summed E-state index contributed by atoms with van der Waals surface area (Å²) in [7, 11) is 0. The molecule has 0 unspecified atom stereocenters. The molecule has 0 aromatic carbocycles. The lowest BCUT2D eigenvalue weighted by atomic mass is 9.97. The largest absolute Gasteiger partial charge is 0.481 e. The minimum Gasteiger partial charge on any atom is -0.481 e. The third kappa shape index (κ3) is 6.22. The zero-order valence-corrected chi connectivity index (χ0v) is 12.5. The molecule has 1 aliphatic rings. The van der Waals surface area contributed by atoms with Gasteiger partial charge in [-0.05, 0) is 31.8 Å². The van der Waals surface area contributed by atoms with E-state index in [9.17, 15) is 9.59 Å². The first-order valence-corrected chi connectivity index (χ1v) is 7.83. The van der Waals surface area contributed by atoms with Gasteiger partial charge in [0, 0.05) is 13.1 Å². The van der Waals surface area contributed by atoms with Crippen LogP contribution in [0.2, 0.25) is 0 Å². The zero-order valence-electron chi connectivity index (χ0n) is 12.5. The van der Waals surface area contributed by atoms with Crippen LogP contribution in [0, 0.1) is 5.92 Å². The maximum atomic E-state index is 11.9. The van der Waals surface area contributed by atoms with E-state index in [4.69, 9.17) is 5.11 Å². The number of hydrogen-bond donors (Lipinski definition) is 1. The van der Waals surface area contributed by atoms with Crippen LogP contribution in [-0.2, 0) is 9.59 Å². The Bertz CT molecular complexity index is 331. The summed E-state index contributed by atoms with van der Waals surface area (Å²) in [6.45, 7) is 3.33. The predicted octanol–water partition coefficient (Wildman–Crippen LogP) is 3.23. The summed E-state index contributed by atoms with van der Waals surface area (Å²) in [5, 5.41) is 8.91.